The summed E-state index contributed by atoms with van der Waals surface area (Å²) in [5.41, 5.74) is 0.726. The average molecular weight is 462 g/mol. The zero-order chi connectivity index (χ0) is 23.6. The topological polar surface area (TPSA) is 70.1 Å². The molecule has 1 amide bonds. The molecule has 10 heteroatoms. The van der Waals surface area contributed by atoms with Crippen LogP contribution < -0.4 is 4.74 Å². The molecule has 2 aliphatic heterocycles. The van der Waals surface area contributed by atoms with Crippen LogP contribution in [0.2, 0.25) is 0 Å². The van der Waals surface area contributed by atoms with Crippen LogP contribution in [-0.4, -0.2) is 78.5 Å². The first kappa shape index (κ1) is 25.9. The Morgan fingerprint density at radius 1 is 1.03 bits per heavy atom. The number of carboxylic acids is 1. The number of ether oxygens (including phenoxy) is 1. The summed E-state index contributed by atoms with van der Waals surface area (Å²) >= 11 is 0. The average Bonchev–Trinajstić information content (AvgIpc) is 3.43. The lowest BCUT2D eigenvalue weighted by molar-refractivity contribution is -0.192. The van der Waals surface area contributed by atoms with Gasteiger partial charge in [-0.1, -0.05) is 0 Å². The van der Waals surface area contributed by atoms with E-state index in [1.807, 2.05) is 24.3 Å². The van der Waals surface area contributed by atoms with Crippen LogP contribution in [0.1, 0.15) is 48.9 Å². The van der Waals surface area contributed by atoms with Gasteiger partial charge in [-0.2, -0.15) is 13.2 Å². The minimum Gasteiger partial charge on any atom is -0.494 e. The molecule has 2 aliphatic rings. The number of halogens is 4. The van der Waals surface area contributed by atoms with Gasteiger partial charge in [-0.05, 0) is 75.9 Å². The van der Waals surface area contributed by atoms with Gasteiger partial charge >= 0.3 is 12.1 Å². The molecule has 2 fully saturated rings. The predicted octanol–water partition coefficient (Wildman–Crippen LogP) is 4.15. The van der Waals surface area contributed by atoms with E-state index in [1.54, 1.807) is 0 Å². The minimum absolute atomic E-state index is 0.130. The lowest BCUT2D eigenvalue weighted by Crippen LogP contribution is -2.42. The van der Waals surface area contributed by atoms with Gasteiger partial charge in [0, 0.05) is 24.7 Å². The first-order valence-electron chi connectivity index (χ1n) is 10.8. The van der Waals surface area contributed by atoms with Crippen LogP contribution in [0.5, 0.6) is 5.75 Å². The summed E-state index contributed by atoms with van der Waals surface area (Å²) in [6, 6.07) is 7.72. The number of carboxylic acid groups (broad SMARTS) is 1. The van der Waals surface area contributed by atoms with Crippen molar-refractivity contribution in [3.63, 3.8) is 0 Å². The number of hydrogen-bond donors (Lipinski definition) is 1. The lowest BCUT2D eigenvalue weighted by Gasteiger charge is -2.28. The van der Waals surface area contributed by atoms with Crippen molar-refractivity contribution in [3.05, 3.63) is 29.8 Å². The molecule has 0 aliphatic carbocycles. The monoisotopic (exact) mass is 462 g/mol. The van der Waals surface area contributed by atoms with E-state index >= 15 is 0 Å². The smallest absolute Gasteiger partial charge is 0.490 e. The molecule has 0 radical (unpaired) electrons. The summed E-state index contributed by atoms with van der Waals surface area (Å²) in [4.78, 5) is 26.3. The molecule has 32 heavy (non-hydrogen) atoms. The van der Waals surface area contributed by atoms with Gasteiger partial charge < -0.3 is 19.6 Å². The van der Waals surface area contributed by atoms with Crippen LogP contribution in [0.15, 0.2) is 24.3 Å². The van der Waals surface area contributed by atoms with Crippen molar-refractivity contribution in [2.45, 2.75) is 50.7 Å². The number of carbonyl (C=O) groups is 2. The highest BCUT2D eigenvalue weighted by molar-refractivity contribution is 5.94. The lowest BCUT2D eigenvalue weighted by atomic mass is 10.1. The number of benzene rings is 1. The summed E-state index contributed by atoms with van der Waals surface area (Å²) in [7, 11) is 0. The zero-order valence-corrected chi connectivity index (χ0v) is 18.0. The summed E-state index contributed by atoms with van der Waals surface area (Å²) in [6.45, 7) is 4.44. The van der Waals surface area contributed by atoms with Crippen LogP contribution >= 0.6 is 0 Å². The van der Waals surface area contributed by atoms with Gasteiger partial charge in [-0.15, -0.1) is 0 Å². The number of likely N-dealkylation sites (tertiary alicyclic amines) is 2. The molecule has 2 saturated heterocycles. The third-order valence-corrected chi connectivity index (χ3v) is 5.45. The number of unbranched alkanes of at least 4 members (excludes halogenated alkanes) is 1. The Labute approximate surface area is 185 Å². The van der Waals surface area contributed by atoms with Crippen molar-refractivity contribution in [1.82, 2.24) is 9.80 Å². The van der Waals surface area contributed by atoms with E-state index in [0.29, 0.717) is 25.5 Å². The Balaban J connectivity index is 0.000000451. The summed E-state index contributed by atoms with van der Waals surface area (Å²) in [6.07, 6.45) is 0.937. The van der Waals surface area contributed by atoms with E-state index in [0.717, 1.165) is 37.2 Å². The second-order valence-electron chi connectivity index (χ2n) is 7.87. The van der Waals surface area contributed by atoms with E-state index in [9.17, 15) is 22.4 Å². The number of aliphatic carboxylic acids is 1. The second kappa shape index (κ2) is 12.6. The fourth-order valence-electron chi connectivity index (χ4n) is 3.80. The maximum atomic E-state index is 12.9. The number of hydrogen-bond acceptors (Lipinski definition) is 4. The number of carbonyl (C=O) groups excluding carboxylic acids is 1. The Hall–Kier alpha value is -2.36. The predicted molar refractivity (Wildman–Crippen MR) is 111 cm³/mol. The molecule has 1 N–H and O–H groups in total. The molecular formula is C22H30F4N2O4. The fourth-order valence-corrected chi connectivity index (χ4v) is 3.80. The maximum Gasteiger partial charge on any atom is 0.490 e. The highest BCUT2D eigenvalue weighted by Crippen LogP contribution is 2.23. The van der Waals surface area contributed by atoms with E-state index < -0.39 is 12.1 Å². The maximum absolute atomic E-state index is 12.9. The molecule has 0 aromatic heterocycles. The van der Waals surface area contributed by atoms with Gasteiger partial charge in [0.2, 0.25) is 0 Å². The molecule has 2 heterocycles. The van der Waals surface area contributed by atoms with Crippen molar-refractivity contribution < 1.29 is 37.0 Å². The van der Waals surface area contributed by atoms with Gasteiger partial charge in [0.15, 0.2) is 0 Å². The molecule has 1 aromatic rings. The minimum atomic E-state index is -5.08. The van der Waals surface area contributed by atoms with E-state index in [1.165, 1.54) is 25.9 Å². The standard InChI is InChI=1S/C20H29FN2O2.C2HF3O2/c21-11-1-4-15-25-19-9-7-17(8-10-19)20(24)23-14-5-6-18(23)16-22-12-2-3-13-22;3-2(4,5)1(6)7/h7-10,18H,1-6,11-16H2;(H,6,7)/t18-;/m0./s1. The molecule has 0 spiro atoms. The molecular weight excluding hydrogens is 432 g/mol. The molecule has 0 unspecified atom stereocenters. The Morgan fingerprint density at radius 2 is 1.66 bits per heavy atom. The Morgan fingerprint density at radius 3 is 2.22 bits per heavy atom. The number of alkyl halides is 4. The van der Waals surface area contributed by atoms with Gasteiger partial charge in [0.05, 0.1) is 13.3 Å². The third-order valence-electron chi connectivity index (χ3n) is 5.45. The van der Waals surface area contributed by atoms with E-state index in [-0.39, 0.29) is 12.6 Å². The summed E-state index contributed by atoms with van der Waals surface area (Å²) < 4.78 is 49.4. The molecule has 3 rings (SSSR count). The van der Waals surface area contributed by atoms with Crippen molar-refractivity contribution in [3.8, 4) is 5.75 Å². The number of amides is 1. The molecule has 1 atom stereocenters. The number of nitrogens with zero attached hydrogens (tertiary/aromatic N) is 2. The summed E-state index contributed by atoms with van der Waals surface area (Å²) in [5, 5.41) is 7.12. The Bertz CT molecular complexity index is 722. The third kappa shape index (κ3) is 8.29. The summed E-state index contributed by atoms with van der Waals surface area (Å²) in [5.74, 6) is -1.89. The SMILES string of the molecule is O=C(O)C(F)(F)F.O=C(c1ccc(OCCCCF)cc1)N1CCC[C@H]1CN1CCCC1. The molecule has 1 aromatic carbocycles. The van der Waals surface area contributed by atoms with Crippen molar-refractivity contribution >= 4 is 11.9 Å². The Kier molecular flexibility index (Phi) is 10.2. The zero-order valence-electron chi connectivity index (χ0n) is 18.0. The quantitative estimate of drug-likeness (QED) is 0.464. The largest absolute Gasteiger partial charge is 0.494 e. The first-order chi connectivity index (χ1) is 15.2. The molecule has 180 valence electrons. The van der Waals surface area contributed by atoms with E-state index in [4.69, 9.17) is 14.6 Å². The van der Waals surface area contributed by atoms with Crippen LogP contribution in [0, 0.1) is 0 Å². The molecule has 6 nitrogen and oxygen atoms in total. The molecule has 0 bridgehead atoms. The van der Waals surface area contributed by atoms with Gasteiger partial charge in [-0.25, -0.2) is 4.79 Å². The van der Waals surface area contributed by atoms with Crippen LogP contribution in [0.25, 0.3) is 0 Å². The molecule has 0 saturated carbocycles. The van der Waals surface area contributed by atoms with Crippen molar-refractivity contribution in [2.24, 2.45) is 0 Å². The van der Waals surface area contributed by atoms with Crippen molar-refractivity contribution in [1.29, 1.82) is 0 Å². The van der Waals surface area contributed by atoms with Crippen LogP contribution in [0.4, 0.5) is 17.6 Å². The second-order valence-corrected chi connectivity index (χ2v) is 7.87. The van der Waals surface area contributed by atoms with Gasteiger partial charge in [0.1, 0.15) is 5.75 Å². The van der Waals surface area contributed by atoms with Gasteiger partial charge in [-0.3, -0.25) is 9.18 Å². The van der Waals surface area contributed by atoms with Crippen LogP contribution in [0.3, 0.4) is 0 Å². The normalized spacial score (nSPS) is 18.9. The van der Waals surface area contributed by atoms with E-state index in [2.05, 4.69) is 9.80 Å². The van der Waals surface area contributed by atoms with Crippen molar-refractivity contribution in [2.75, 3.05) is 39.5 Å². The fraction of sp³-hybridized carbons (Fsp3) is 0.636. The number of rotatable bonds is 8. The van der Waals surface area contributed by atoms with Gasteiger partial charge in [0.25, 0.3) is 5.91 Å². The van der Waals surface area contributed by atoms with Crippen LogP contribution in [-0.2, 0) is 4.79 Å². The first-order valence-corrected chi connectivity index (χ1v) is 10.8. The highest BCUT2D eigenvalue weighted by Gasteiger charge is 2.38. The highest BCUT2D eigenvalue weighted by atomic mass is 19.4.